The number of anilines is 1. The largest absolute Gasteiger partial charge is 0.397 e. The molecule has 1 aromatic rings. The fraction of sp³-hybridized carbons (Fsp3) is 0.615. The molecule has 2 rings (SSSR count). The van der Waals surface area contributed by atoms with E-state index in [0.717, 1.165) is 25.7 Å². The number of rotatable bonds is 5. The zero-order valence-electron chi connectivity index (χ0n) is 10.6. The lowest BCUT2D eigenvalue weighted by molar-refractivity contribution is 0.0925. The summed E-state index contributed by atoms with van der Waals surface area (Å²) in [6, 6.07) is 2.51. The summed E-state index contributed by atoms with van der Waals surface area (Å²) in [4.78, 5) is 12.2. The Morgan fingerprint density at radius 3 is 2.71 bits per heavy atom. The van der Waals surface area contributed by atoms with E-state index in [1.165, 1.54) is 0 Å². The van der Waals surface area contributed by atoms with Crippen LogP contribution in [0, 0.1) is 0 Å². The molecule has 4 heteroatoms. The van der Waals surface area contributed by atoms with Crippen molar-refractivity contribution in [3.8, 4) is 0 Å². The van der Waals surface area contributed by atoms with Crippen LogP contribution in [0.25, 0.3) is 0 Å². The summed E-state index contributed by atoms with van der Waals surface area (Å²) < 4.78 is 2.02. The highest BCUT2D eigenvalue weighted by Gasteiger charge is 2.28. The van der Waals surface area contributed by atoms with Crippen LogP contribution in [-0.4, -0.2) is 16.5 Å². The van der Waals surface area contributed by atoms with Crippen LogP contribution in [0.5, 0.6) is 0 Å². The fourth-order valence-electron chi connectivity index (χ4n) is 2.09. The van der Waals surface area contributed by atoms with Gasteiger partial charge in [-0.3, -0.25) is 4.79 Å². The van der Waals surface area contributed by atoms with Crippen molar-refractivity contribution < 1.29 is 4.79 Å². The Morgan fingerprint density at radius 2 is 2.18 bits per heavy atom. The van der Waals surface area contributed by atoms with Gasteiger partial charge in [0, 0.05) is 18.3 Å². The molecule has 1 amide bonds. The molecule has 0 aromatic carbocycles. The van der Waals surface area contributed by atoms with Gasteiger partial charge in [0.05, 0.1) is 5.69 Å². The molecular formula is C13H21N3O. The van der Waals surface area contributed by atoms with Crippen molar-refractivity contribution >= 4 is 11.6 Å². The highest BCUT2D eigenvalue weighted by molar-refractivity contribution is 5.94. The quantitative estimate of drug-likeness (QED) is 0.822. The van der Waals surface area contributed by atoms with Gasteiger partial charge in [0.2, 0.25) is 0 Å². The Bertz CT molecular complexity index is 403. The summed E-state index contributed by atoms with van der Waals surface area (Å²) in [5.74, 6) is 0.00213. The molecule has 0 unspecified atom stereocenters. The van der Waals surface area contributed by atoms with Crippen molar-refractivity contribution in [2.75, 3.05) is 5.73 Å². The Balaban J connectivity index is 2.12. The summed E-state index contributed by atoms with van der Waals surface area (Å²) in [5, 5.41) is 3.05. The molecule has 94 valence electrons. The van der Waals surface area contributed by atoms with Crippen LogP contribution in [0.4, 0.5) is 5.69 Å². The third kappa shape index (κ3) is 2.62. The molecule has 3 N–H and O–H groups in total. The summed E-state index contributed by atoms with van der Waals surface area (Å²) in [6.07, 6.45) is 6.10. The van der Waals surface area contributed by atoms with Gasteiger partial charge >= 0.3 is 0 Å². The molecule has 0 spiro atoms. The van der Waals surface area contributed by atoms with Crippen molar-refractivity contribution in [3.05, 3.63) is 18.0 Å². The van der Waals surface area contributed by atoms with E-state index in [1.54, 1.807) is 6.07 Å². The molecule has 17 heavy (non-hydrogen) atoms. The first kappa shape index (κ1) is 12.0. The van der Waals surface area contributed by atoms with E-state index < -0.39 is 0 Å². The Morgan fingerprint density at radius 1 is 1.53 bits per heavy atom. The van der Waals surface area contributed by atoms with Crippen molar-refractivity contribution in [3.63, 3.8) is 0 Å². The summed E-state index contributed by atoms with van der Waals surface area (Å²) >= 11 is 0. The molecular weight excluding hydrogens is 214 g/mol. The molecule has 1 heterocycles. The zero-order valence-corrected chi connectivity index (χ0v) is 10.6. The number of carbonyl (C=O) groups is 1. The maximum Gasteiger partial charge on any atom is 0.268 e. The number of hydrogen-bond donors (Lipinski definition) is 2. The van der Waals surface area contributed by atoms with E-state index in [1.807, 2.05) is 10.8 Å². The first-order valence-electron chi connectivity index (χ1n) is 6.43. The number of nitrogens with zero attached hydrogens (tertiary/aromatic N) is 1. The predicted octanol–water partition coefficient (Wildman–Crippen LogP) is 2.32. The van der Waals surface area contributed by atoms with E-state index in [2.05, 4.69) is 19.2 Å². The average Bonchev–Trinajstić information content (AvgIpc) is 3.09. The fourth-order valence-corrected chi connectivity index (χ4v) is 2.09. The summed E-state index contributed by atoms with van der Waals surface area (Å²) in [6.45, 7) is 4.17. The third-order valence-corrected chi connectivity index (χ3v) is 3.36. The number of carbonyl (C=O) groups excluding carboxylic acids is 1. The van der Waals surface area contributed by atoms with Crippen molar-refractivity contribution in [1.82, 2.24) is 9.88 Å². The van der Waals surface area contributed by atoms with E-state index in [0.29, 0.717) is 17.4 Å². The molecule has 0 radical (unpaired) electrons. The van der Waals surface area contributed by atoms with Crippen LogP contribution in [-0.2, 0) is 0 Å². The normalized spacial score (nSPS) is 15.2. The monoisotopic (exact) mass is 235 g/mol. The van der Waals surface area contributed by atoms with Crippen LogP contribution < -0.4 is 11.1 Å². The third-order valence-electron chi connectivity index (χ3n) is 3.36. The van der Waals surface area contributed by atoms with Gasteiger partial charge in [-0.15, -0.1) is 0 Å². The second-order valence-corrected chi connectivity index (χ2v) is 4.78. The van der Waals surface area contributed by atoms with Gasteiger partial charge in [0.25, 0.3) is 5.91 Å². The zero-order chi connectivity index (χ0) is 12.4. The van der Waals surface area contributed by atoms with Crippen LogP contribution in [0.15, 0.2) is 12.3 Å². The van der Waals surface area contributed by atoms with Crippen LogP contribution in [0.1, 0.15) is 56.1 Å². The number of nitrogens with two attached hydrogens (primary N) is 1. The van der Waals surface area contributed by atoms with Gasteiger partial charge in [0.1, 0.15) is 5.69 Å². The Labute approximate surface area is 102 Å². The number of nitrogens with one attached hydrogen (secondary N) is 1. The number of hydrogen-bond acceptors (Lipinski definition) is 2. The second-order valence-electron chi connectivity index (χ2n) is 4.78. The summed E-state index contributed by atoms with van der Waals surface area (Å²) in [7, 11) is 0. The van der Waals surface area contributed by atoms with Crippen molar-refractivity contribution in [2.24, 2.45) is 0 Å². The molecule has 1 aliphatic rings. The van der Waals surface area contributed by atoms with Crippen molar-refractivity contribution in [2.45, 2.75) is 51.6 Å². The van der Waals surface area contributed by atoms with Crippen LogP contribution >= 0.6 is 0 Å². The maximum absolute atomic E-state index is 12.2. The smallest absolute Gasteiger partial charge is 0.268 e. The predicted molar refractivity (Wildman–Crippen MR) is 69.0 cm³/mol. The minimum Gasteiger partial charge on any atom is -0.397 e. The highest BCUT2D eigenvalue weighted by atomic mass is 16.2. The van der Waals surface area contributed by atoms with Crippen LogP contribution in [0.3, 0.4) is 0 Å². The standard InChI is InChI=1S/C13H21N3O/c1-3-10(4-2)15-13(17)12-7-9(14)8-16(12)11-5-6-11/h7-8,10-11H,3-6,14H2,1-2H3,(H,15,17). The highest BCUT2D eigenvalue weighted by Crippen LogP contribution is 2.37. The number of nitrogen functional groups attached to an aromatic ring is 1. The van der Waals surface area contributed by atoms with Gasteiger partial charge in [0.15, 0.2) is 0 Å². The molecule has 0 atom stereocenters. The van der Waals surface area contributed by atoms with Crippen LogP contribution in [0.2, 0.25) is 0 Å². The lowest BCUT2D eigenvalue weighted by atomic mass is 10.1. The molecule has 1 saturated carbocycles. The molecule has 0 saturated heterocycles. The second kappa shape index (κ2) is 4.82. The van der Waals surface area contributed by atoms with Crippen molar-refractivity contribution in [1.29, 1.82) is 0 Å². The molecule has 0 aliphatic heterocycles. The Kier molecular flexibility index (Phi) is 3.41. The lowest BCUT2D eigenvalue weighted by Gasteiger charge is -2.15. The topological polar surface area (TPSA) is 60.1 Å². The van der Waals surface area contributed by atoms with E-state index in [4.69, 9.17) is 5.73 Å². The number of amides is 1. The molecule has 1 fully saturated rings. The minimum absolute atomic E-state index is 0.00213. The van der Waals surface area contributed by atoms with Gasteiger partial charge in [-0.05, 0) is 31.7 Å². The van der Waals surface area contributed by atoms with Gasteiger partial charge < -0.3 is 15.6 Å². The molecule has 4 nitrogen and oxygen atoms in total. The number of aromatic nitrogens is 1. The van der Waals surface area contributed by atoms with E-state index >= 15 is 0 Å². The van der Waals surface area contributed by atoms with Gasteiger partial charge in [-0.25, -0.2) is 0 Å². The first-order chi connectivity index (χ1) is 8.15. The Hall–Kier alpha value is -1.45. The minimum atomic E-state index is 0.00213. The first-order valence-corrected chi connectivity index (χ1v) is 6.43. The van der Waals surface area contributed by atoms with E-state index in [-0.39, 0.29) is 11.9 Å². The molecule has 1 aromatic heterocycles. The van der Waals surface area contributed by atoms with Gasteiger partial charge in [-0.2, -0.15) is 0 Å². The molecule has 1 aliphatic carbocycles. The SMILES string of the molecule is CCC(CC)NC(=O)c1cc(N)cn1C1CC1. The lowest BCUT2D eigenvalue weighted by Crippen LogP contribution is -2.34. The molecule has 0 bridgehead atoms. The van der Waals surface area contributed by atoms with Gasteiger partial charge in [-0.1, -0.05) is 13.8 Å². The average molecular weight is 235 g/mol. The summed E-state index contributed by atoms with van der Waals surface area (Å²) in [5.41, 5.74) is 7.16. The maximum atomic E-state index is 12.2. The van der Waals surface area contributed by atoms with E-state index in [9.17, 15) is 4.79 Å².